The lowest BCUT2D eigenvalue weighted by molar-refractivity contribution is -0.137. The van der Waals surface area contributed by atoms with Crippen LogP contribution in [0.25, 0.3) is 10.9 Å². The first-order valence-electron chi connectivity index (χ1n) is 9.46. The smallest absolute Gasteiger partial charge is 0.416 e. The molecule has 9 heteroatoms. The van der Waals surface area contributed by atoms with Crippen molar-refractivity contribution < 1.29 is 31.4 Å². The summed E-state index contributed by atoms with van der Waals surface area (Å²) in [5, 5.41) is 12.0. The fraction of sp³-hybridized carbons (Fsp3) is 0.130. The molecule has 0 amide bonds. The number of sulfone groups is 1. The van der Waals surface area contributed by atoms with E-state index in [9.17, 15) is 26.7 Å². The van der Waals surface area contributed by atoms with E-state index in [0.717, 1.165) is 24.3 Å². The normalized spacial score (nSPS) is 12.3. The van der Waals surface area contributed by atoms with E-state index in [2.05, 4.69) is 4.98 Å². The summed E-state index contributed by atoms with van der Waals surface area (Å²) < 4.78 is 70.6. The van der Waals surface area contributed by atoms with Crippen LogP contribution >= 0.6 is 0 Å². The van der Waals surface area contributed by atoms with Crippen LogP contribution in [-0.2, 0) is 21.1 Å². The lowest BCUT2D eigenvalue weighted by Gasteiger charge is -2.12. The molecule has 5 nitrogen and oxygen atoms in total. The number of hydrogen-bond acceptors (Lipinski definition) is 3. The van der Waals surface area contributed by atoms with Crippen LogP contribution in [0.4, 0.5) is 13.2 Å². The first kappa shape index (κ1) is 21.8. The van der Waals surface area contributed by atoms with Crippen LogP contribution in [0, 0.1) is 13.8 Å². The minimum Gasteiger partial charge on any atom is -0.457 e. The Hall–Kier alpha value is -3.46. The molecule has 0 bridgehead atoms. The van der Waals surface area contributed by atoms with Gasteiger partial charge in [-0.25, -0.2) is 8.42 Å². The van der Waals surface area contributed by atoms with Gasteiger partial charge < -0.3 is 9.72 Å². The molecule has 0 unspecified atom stereocenters. The van der Waals surface area contributed by atoms with Crippen molar-refractivity contribution in [3.8, 4) is 17.2 Å². The maximum atomic E-state index is 13.1. The predicted molar refractivity (Wildman–Crippen MR) is 111 cm³/mol. The van der Waals surface area contributed by atoms with Crippen LogP contribution in [0.5, 0.6) is 17.2 Å². The number of rotatable bonds is 4. The molecule has 1 aromatic heterocycles. The number of benzene rings is 3. The molecule has 0 saturated heterocycles. The fourth-order valence-electron chi connectivity index (χ4n) is 3.50. The number of fused-ring (bicyclic) bond motifs is 1. The molecule has 1 N–H and O–H groups in total. The topological polar surface area (TPSA) is 79.1 Å². The number of halogens is 3. The molecule has 1 heterocycles. The van der Waals surface area contributed by atoms with Crippen LogP contribution in [-0.4, -0.2) is 13.4 Å². The van der Waals surface area contributed by atoms with Crippen molar-refractivity contribution in [2.24, 2.45) is 0 Å². The van der Waals surface area contributed by atoms with Crippen LogP contribution < -0.4 is 4.74 Å². The van der Waals surface area contributed by atoms with E-state index in [0.29, 0.717) is 33.5 Å². The highest BCUT2D eigenvalue weighted by Crippen LogP contribution is 2.36. The van der Waals surface area contributed by atoms with Gasteiger partial charge in [-0.1, -0.05) is 0 Å². The fourth-order valence-corrected chi connectivity index (χ4v) is 4.92. The lowest BCUT2D eigenvalue weighted by atomic mass is 10.1. The van der Waals surface area contributed by atoms with E-state index in [1.807, 2.05) is 0 Å². The summed E-state index contributed by atoms with van der Waals surface area (Å²) in [5.74, 6) is 0.704. The maximum absolute atomic E-state index is 13.1. The summed E-state index contributed by atoms with van der Waals surface area (Å²) in [6.45, 7) is 3.47. The summed E-state index contributed by atoms with van der Waals surface area (Å²) in [7, 11) is -4.09. The molecule has 0 aliphatic carbocycles. The first-order valence-corrected chi connectivity index (χ1v) is 10.9. The second kappa shape index (κ2) is 7.59. The van der Waals surface area contributed by atoms with Gasteiger partial charge in [-0.3, -0.25) is 5.11 Å². The average molecular weight is 460 g/mol. The third kappa shape index (κ3) is 3.91. The molecule has 0 spiro atoms. The number of alkyl halides is 3. The minimum absolute atomic E-state index is 0.0824. The van der Waals surface area contributed by atoms with E-state index in [4.69, 9.17) is 4.74 Å². The Balaban J connectivity index is 1.75. The third-order valence-corrected chi connectivity index (χ3v) is 6.86. The van der Waals surface area contributed by atoms with E-state index < -0.39 is 21.6 Å². The van der Waals surface area contributed by atoms with Gasteiger partial charge in [0.1, 0.15) is 11.5 Å². The number of nitrogens with one attached hydrogen (secondary N) is 1. The van der Waals surface area contributed by atoms with Crippen LogP contribution in [0.1, 0.15) is 16.7 Å². The Morgan fingerprint density at radius 2 is 1.53 bits per heavy atom. The molecule has 0 aliphatic heterocycles. The lowest BCUT2D eigenvalue weighted by Crippen LogP contribution is -2.06. The van der Waals surface area contributed by atoms with Crippen molar-refractivity contribution in [2.75, 3.05) is 0 Å². The molecule has 4 aromatic rings. The van der Waals surface area contributed by atoms with Crippen molar-refractivity contribution in [1.29, 1.82) is 0 Å². The third-order valence-electron chi connectivity index (χ3n) is 5.05. The molecule has 3 aromatic carbocycles. The molecule has 0 fully saturated rings. The van der Waals surface area contributed by atoms with Gasteiger partial charge >= 0.3 is 6.18 Å². The maximum Gasteiger partial charge on any atom is 0.416 e. The van der Waals surface area contributed by atoms with E-state index >= 15 is 0 Å². The molecule has 1 radical (unpaired) electrons. The quantitative estimate of drug-likeness (QED) is 0.374. The average Bonchev–Trinajstić information content (AvgIpc) is 3.14. The zero-order valence-corrected chi connectivity index (χ0v) is 17.8. The highest BCUT2D eigenvalue weighted by Gasteiger charge is 2.31. The Morgan fingerprint density at radius 3 is 2.12 bits per heavy atom. The first-order chi connectivity index (χ1) is 15.0. The number of aromatic amines is 1. The van der Waals surface area contributed by atoms with Gasteiger partial charge in [0.05, 0.1) is 15.4 Å². The second-order valence-electron chi connectivity index (χ2n) is 7.37. The summed E-state index contributed by atoms with van der Waals surface area (Å²) >= 11 is 0. The van der Waals surface area contributed by atoms with Gasteiger partial charge in [-0.2, -0.15) is 13.2 Å². The Labute approximate surface area is 182 Å². The second-order valence-corrected chi connectivity index (χ2v) is 9.29. The SMILES string of the molecule is Cc1cc([O])cc(C)c1Oc1ccc2[nH]cc(S(=O)(=O)c3ccc(C(F)(F)F)cc3)c2c1. The Morgan fingerprint density at radius 1 is 0.906 bits per heavy atom. The van der Waals surface area contributed by atoms with Gasteiger partial charge in [-0.15, -0.1) is 0 Å². The molecule has 165 valence electrons. The van der Waals surface area contributed by atoms with Crippen molar-refractivity contribution >= 4 is 20.7 Å². The van der Waals surface area contributed by atoms with Crippen molar-refractivity contribution in [1.82, 2.24) is 4.98 Å². The number of hydrogen-bond donors (Lipinski definition) is 1. The highest BCUT2D eigenvalue weighted by molar-refractivity contribution is 7.91. The van der Waals surface area contributed by atoms with Gasteiger partial charge in [0.2, 0.25) is 9.84 Å². The number of aromatic nitrogens is 1. The highest BCUT2D eigenvalue weighted by atomic mass is 32.2. The van der Waals surface area contributed by atoms with Crippen molar-refractivity contribution in [3.63, 3.8) is 0 Å². The van der Waals surface area contributed by atoms with E-state index in [1.165, 1.54) is 24.4 Å². The summed E-state index contributed by atoms with van der Waals surface area (Å²) in [4.78, 5) is 2.53. The van der Waals surface area contributed by atoms with E-state index in [1.54, 1.807) is 26.0 Å². The molecule has 0 atom stereocenters. The van der Waals surface area contributed by atoms with Gasteiger partial charge in [0.25, 0.3) is 0 Å². The largest absolute Gasteiger partial charge is 0.457 e. The van der Waals surface area contributed by atoms with Crippen molar-refractivity contribution in [2.45, 2.75) is 29.8 Å². The molecule has 0 saturated carbocycles. The molecule has 4 rings (SSSR count). The Kier molecular flexibility index (Phi) is 5.16. The van der Waals surface area contributed by atoms with Gasteiger partial charge in [0.15, 0.2) is 5.75 Å². The predicted octanol–water partition coefficient (Wildman–Crippen LogP) is 6.57. The number of aryl methyl sites for hydroxylation is 2. The monoisotopic (exact) mass is 460 g/mol. The summed E-state index contributed by atoms with van der Waals surface area (Å²) in [6.07, 6.45) is -3.26. The standard InChI is InChI=1S/C23H17F3NO4S/c1-13-9-16(28)10-14(2)22(13)31-17-5-8-20-19(11-17)21(12-27-20)32(29,30)18-6-3-15(4-7-18)23(24,25)26/h3-12,27H,1-2H3. The van der Waals surface area contributed by atoms with Crippen molar-refractivity contribution in [3.05, 3.63) is 77.5 Å². The molecular weight excluding hydrogens is 443 g/mol. The van der Waals surface area contributed by atoms with Gasteiger partial charge in [-0.05, 0) is 79.6 Å². The zero-order chi connectivity index (χ0) is 23.3. The van der Waals surface area contributed by atoms with E-state index in [-0.39, 0.29) is 15.5 Å². The van der Waals surface area contributed by atoms with Crippen LogP contribution in [0.2, 0.25) is 0 Å². The molecular formula is C23H17F3NO4S. The summed E-state index contributed by atoms with van der Waals surface area (Å²) in [6, 6.07) is 11.1. The van der Waals surface area contributed by atoms with Gasteiger partial charge in [0, 0.05) is 17.1 Å². The van der Waals surface area contributed by atoms with Crippen LogP contribution in [0.15, 0.2) is 70.6 Å². The Bertz CT molecular complexity index is 1400. The van der Waals surface area contributed by atoms with Crippen LogP contribution in [0.3, 0.4) is 0 Å². The summed E-state index contributed by atoms with van der Waals surface area (Å²) in [5.41, 5.74) is 0.871. The number of ether oxygens (including phenoxy) is 1. The number of H-pyrrole nitrogens is 1. The molecule has 0 aliphatic rings. The molecule has 32 heavy (non-hydrogen) atoms. The zero-order valence-electron chi connectivity index (χ0n) is 16.9. The minimum atomic E-state index is -4.56.